The van der Waals surface area contributed by atoms with Crippen LogP contribution in [0.4, 0.5) is 26.3 Å². The normalized spacial score (nSPS) is 13.3. The predicted molar refractivity (Wildman–Crippen MR) is 74.4 cm³/mol. The third-order valence-electron chi connectivity index (χ3n) is 3.24. The minimum absolute atomic E-state index is 0.0231. The molecule has 0 radical (unpaired) electrons. The third kappa shape index (κ3) is 5.95. The molecule has 10 heteroatoms. The van der Waals surface area contributed by atoms with Crippen molar-refractivity contribution in [3.05, 3.63) is 34.9 Å². The number of hydrogen-bond donors (Lipinski definition) is 1. The van der Waals surface area contributed by atoms with E-state index in [9.17, 15) is 35.9 Å². The van der Waals surface area contributed by atoms with Gasteiger partial charge in [0.05, 0.1) is 24.7 Å². The number of carbonyl (C=O) groups excluding carboxylic acids is 2. The highest BCUT2D eigenvalue weighted by Gasteiger charge is 2.37. The number of methoxy groups -OCH3 is 1. The number of halogens is 6. The van der Waals surface area contributed by atoms with E-state index in [4.69, 9.17) is 0 Å². The lowest BCUT2D eigenvalue weighted by Gasteiger charge is -2.16. The highest BCUT2D eigenvalue weighted by molar-refractivity contribution is 5.85. The average molecular weight is 371 g/mol. The summed E-state index contributed by atoms with van der Waals surface area (Å²) in [4.78, 5) is 23.2. The standard InChI is InChI=1S/C15H15F6NO3/c1-3-11(13(24)25-2)22-12(23)6-8-4-9(14(16,17)18)7-10(5-8)15(19,20)21/h4-5,7,11H,3,6H2,1-2H3,(H,22,23)/t11-/m0/s1. The summed E-state index contributed by atoms with van der Waals surface area (Å²) in [6.07, 6.45) is -10.6. The van der Waals surface area contributed by atoms with Crippen LogP contribution in [0.25, 0.3) is 0 Å². The molecule has 0 bridgehead atoms. The zero-order valence-electron chi connectivity index (χ0n) is 13.2. The van der Waals surface area contributed by atoms with Crippen LogP contribution in [-0.4, -0.2) is 25.0 Å². The molecule has 1 aromatic carbocycles. The maximum Gasteiger partial charge on any atom is 0.416 e. The van der Waals surface area contributed by atoms with E-state index in [2.05, 4.69) is 10.1 Å². The molecule has 0 saturated heterocycles. The number of rotatable bonds is 5. The highest BCUT2D eigenvalue weighted by Crippen LogP contribution is 2.36. The van der Waals surface area contributed by atoms with Crippen LogP contribution in [-0.2, 0) is 33.1 Å². The zero-order chi connectivity index (χ0) is 19.4. The van der Waals surface area contributed by atoms with Gasteiger partial charge in [0.25, 0.3) is 0 Å². The van der Waals surface area contributed by atoms with E-state index in [-0.39, 0.29) is 12.5 Å². The quantitative estimate of drug-likeness (QED) is 0.638. The average Bonchev–Trinajstić information content (AvgIpc) is 2.49. The Bertz CT molecular complexity index is 607. The van der Waals surface area contributed by atoms with Gasteiger partial charge in [0.2, 0.25) is 5.91 Å². The monoisotopic (exact) mass is 371 g/mol. The van der Waals surface area contributed by atoms with Gasteiger partial charge in [-0.05, 0) is 30.2 Å². The van der Waals surface area contributed by atoms with Crippen molar-refractivity contribution >= 4 is 11.9 Å². The summed E-state index contributed by atoms with van der Waals surface area (Å²) in [5.41, 5.74) is -3.49. The Morgan fingerprint density at radius 2 is 1.52 bits per heavy atom. The molecule has 0 fully saturated rings. The summed E-state index contributed by atoms with van der Waals surface area (Å²) >= 11 is 0. The van der Waals surface area contributed by atoms with Crippen LogP contribution in [0.1, 0.15) is 30.0 Å². The highest BCUT2D eigenvalue weighted by atomic mass is 19.4. The molecular weight excluding hydrogens is 356 g/mol. The van der Waals surface area contributed by atoms with Crippen molar-refractivity contribution in [2.45, 2.75) is 38.2 Å². The molecule has 4 nitrogen and oxygen atoms in total. The molecule has 0 spiro atoms. The van der Waals surface area contributed by atoms with Crippen molar-refractivity contribution in [3.63, 3.8) is 0 Å². The topological polar surface area (TPSA) is 55.4 Å². The molecule has 1 atom stereocenters. The number of carbonyl (C=O) groups is 2. The fraction of sp³-hybridized carbons (Fsp3) is 0.467. The molecule has 0 saturated carbocycles. The second-order valence-corrected chi connectivity index (χ2v) is 5.14. The Morgan fingerprint density at radius 3 is 1.88 bits per heavy atom. The molecule has 0 aliphatic rings. The van der Waals surface area contributed by atoms with Gasteiger partial charge in [0, 0.05) is 0 Å². The molecular formula is C15H15F6NO3. The van der Waals surface area contributed by atoms with E-state index in [1.807, 2.05) is 0 Å². The van der Waals surface area contributed by atoms with Crippen molar-refractivity contribution in [2.24, 2.45) is 0 Å². The first-order chi connectivity index (χ1) is 11.4. The van der Waals surface area contributed by atoms with Crippen LogP contribution in [0.5, 0.6) is 0 Å². The number of esters is 1. The first kappa shape index (κ1) is 20.8. The summed E-state index contributed by atoms with van der Waals surface area (Å²) in [5.74, 6) is -1.67. The van der Waals surface area contributed by atoms with Crippen LogP contribution >= 0.6 is 0 Å². The maximum absolute atomic E-state index is 12.8. The van der Waals surface area contributed by atoms with Gasteiger partial charge >= 0.3 is 18.3 Å². The van der Waals surface area contributed by atoms with Gasteiger partial charge in [0.15, 0.2) is 0 Å². The number of ether oxygens (including phenoxy) is 1. The lowest BCUT2D eigenvalue weighted by molar-refractivity contribution is -0.145. The Kier molecular flexibility index (Phi) is 6.44. The Labute approximate surface area is 139 Å². The lowest BCUT2D eigenvalue weighted by Crippen LogP contribution is -2.41. The molecule has 140 valence electrons. The number of hydrogen-bond acceptors (Lipinski definition) is 3. The zero-order valence-corrected chi connectivity index (χ0v) is 13.2. The van der Waals surface area contributed by atoms with Gasteiger partial charge in [-0.15, -0.1) is 0 Å². The molecule has 1 N–H and O–H groups in total. The fourth-order valence-corrected chi connectivity index (χ4v) is 2.02. The van der Waals surface area contributed by atoms with E-state index < -0.39 is 53.4 Å². The number of alkyl halides is 6. The minimum Gasteiger partial charge on any atom is -0.467 e. The van der Waals surface area contributed by atoms with Crippen LogP contribution in [0.15, 0.2) is 18.2 Å². The van der Waals surface area contributed by atoms with Crippen LogP contribution < -0.4 is 5.32 Å². The minimum atomic E-state index is -5.00. The van der Waals surface area contributed by atoms with Gasteiger partial charge in [0.1, 0.15) is 6.04 Å². The first-order valence-electron chi connectivity index (χ1n) is 7.04. The molecule has 0 aromatic heterocycles. The van der Waals surface area contributed by atoms with Crippen molar-refractivity contribution in [2.75, 3.05) is 7.11 Å². The molecule has 1 amide bonds. The maximum atomic E-state index is 12.8. The molecule has 0 heterocycles. The summed E-state index contributed by atoms with van der Waals surface area (Å²) in [6.45, 7) is 1.55. The number of nitrogens with one attached hydrogen (secondary N) is 1. The van der Waals surface area contributed by atoms with Gasteiger partial charge in [-0.2, -0.15) is 26.3 Å². The summed E-state index contributed by atoms with van der Waals surface area (Å²) < 4.78 is 81.0. The Balaban J connectivity index is 3.08. The van der Waals surface area contributed by atoms with Gasteiger partial charge in [-0.25, -0.2) is 4.79 Å². The first-order valence-corrected chi connectivity index (χ1v) is 7.04. The SMILES string of the molecule is CC[C@H](NC(=O)Cc1cc(C(F)(F)F)cc(C(F)(F)F)c1)C(=O)OC. The summed E-state index contributed by atoms with van der Waals surface area (Å²) in [7, 11) is 1.08. The molecule has 25 heavy (non-hydrogen) atoms. The van der Waals surface area contributed by atoms with E-state index in [1.165, 1.54) is 0 Å². The van der Waals surface area contributed by atoms with E-state index >= 15 is 0 Å². The largest absolute Gasteiger partial charge is 0.467 e. The molecule has 1 rings (SSSR count). The van der Waals surface area contributed by atoms with Crippen molar-refractivity contribution in [1.29, 1.82) is 0 Å². The smallest absolute Gasteiger partial charge is 0.416 e. The Hall–Kier alpha value is -2.26. The van der Waals surface area contributed by atoms with Crippen LogP contribution in [0.2, 0.25) is 0 Å². The molecule has 0 aliphatic heterocycles. The molecule has 1 aromatic rings. The molecule has 0 unspecified atom stereocenters. The Morgan fingerprint density at radius 1 is 1.04 bits per heavy atom. The molecule has 0 aliphatic carbocycles. The predicted octanol–water partition coefficient (Wildman–Crippen LogP) is 3.33. The van der Waals surface area contributed by atoms with Gasteiger partial charge in [-0.1, -0.05) is 6.92 Å². The summed E-state index contributed by atoms with van der Waals surface area (Å²) in [5, 5.41) is 2.21. The fourth-order valence-electron chi connectivity index (χ4n) is 2.02. The van der Waals surface area contributed by atoms with Crippen molar-refractivity contribution < 1.29 is 40.7 Å². The van der Waals surface area contributed by atoms with Gasteiger partial charge < -0.3 is 10.1 Å². The van der Waals surface area contributed by atoms with E-state index in [0.717, 1.165) is 7.11 Å². The second-order valence-electron chi connectivity index (χ2n) is 5.14. The van der Waals surface area contributed by atoms with Crippen LogP contribution in [0, 0.1) is 0 Å². The van der Waals surface area contributed by atoms with E-state index in [0.29, 0.717) is 12.1 Å². The second kappa shape index (κ2) is 7.75. The van der Waals surface area contributed by atoms with E-state index in [1.54, 1.807) is 6.92 Å². The number of amides is 1. The third-order valence-corrected chi connectivity index (χ3v) is 3.24. The lowest BCUT2D eigenvalue weighted by atomic mass is 10.0. The van der Waals surface area contributed by atoms with Crippen molar-refractivity contribution in [3.8, 4) is 0 Å². The van der Waals surface area contributed by atoms with Gasteiger partial charge in [-0.3, -0.25) is 4.79 Å². The summed E-state index contributed by atoms with van der Waals surface area (Å²) in [6, 6.07) is -0.127. The number of benzene rings is 1. The van der Waals surface area contributed by atoms with Crippen LogP contribution in [0.3, 0.4) is 0 Å². The van der Waals surface area contributed by atoms with Crippen molar-refractivity contribution in [1.82, 2.24) is 5.32 Å².